The molecule has 0 unspecified atom stereocenters. The normalized spacial score (nSPS) is 24.3. The zero-order chi connectivity index (χ0) is 12.5. The fraction of sp³-hybridized carbons (Fsp3) is 0.800. The van der Waals surface area contributed by atoms with Crippen molar-refractivity contribution in [2.24, 2.45) is 11.8 Å². The third kappa shape index (κ3) is 5.38. The number of ether oxygens (including phenoxy) is 1. The molecule has 0 heterocycles. The molecule has 1 aliphatic rings. The molecular formula is C15H26O2. The molecule has 0 bridgehead atoms. The average molecular weight is 238 g/mol. The van der Waals surface area contributed by atoms with E-state index in [2.05, 4.69) is 13.5 Å². The maximum atomic E-state index is 11.7. The van der Waals surface area contributed by atoms with Crippen molar-refractivity contribution in [2.45, 2.75) is 58.3 Å². The summed E-state index contributed by atoms with van der Waals surface area (Å²) in [6, 6.07) is 0. The second-order valence-corrected chi connectivity index (χ2v) is 5.13. The van der Waals surface area contributed by atoms with Crippen LogP contribution in [0.4, 0.5) is 0 Å². The summed E-state index contributed by atoms with van der Waals surface area (Å²) in [7, 11) is 0. The lowest BCUT2D eigenvalue weighted by Crippen LogP contribution is -2.23. The van der Waals surface area contributed by atoms with E-state index in [-0.39, 0.29) is 11.9 Å². The molecule has 1 fully saturated rings. The predicted molar refractivity (Wildman–Crippen MR) is 70.7 cm³/mol. The molecule has 1 aliphatic carbocycles. The zero-order valence-electron chi connectivity index (χ0n) is 11.1. The summed E-state index contributed by atoms with van der Waals surface area (Å²) in [6.45, 7) is 6.15. The van der Waals surface area contributed by atoms with Gasteiger partial charge >= 0.3 is 5.97 Å². The van der Waals surface area contributed by atoms with Crippen molar-refractivity contribution in [3.8, 4) is 0 Å². The highest BCUT2D eigenvalue weighted by atomic mass is 16.5. The topological polar surface area (TPSA) is 26.3 Å². The Hall–Kier alpha value is -0.790. The third-order valence-electron chi connectivity index (χ3n) is 3.74. The lowest BCUT2D eigenvalue weighted by molar-refractivity contribution is -0.148. The van der Waals surface area contributed by atoms with Crippen LogP contribution in [0.5, 0.6) is 0 Å². The van der Waals surface area contributed by atoms with Crippen LogP contribution >= 0.6 is 0 Å². The summed E-state index contributed by atoms with van der Waals surface area (Å²) in [6.07, 6.45) is 11.4. The molecule has 0 spiro atoms. The standard InChI is InChI=1S/C15H26O2/c1-3-5-6-7-13-8-10-14(11-9-13)15(16)17-12-4-2/h4,13-14H,2-3,5-12H2,1H3. The lowest BCUT2D eigenvalue weighted by Gasteiger charge is -2.27. The number of esters is 1. The molecule has 2 nitrogen and oxygen atoms in total. The van der Waals surface area contributed by atoms with Crippen molar-refractivity contribution in [2.75, 3.05) is 6.61 Å². The SMILES string of the molecule is C=CCOC(=O)C1CCC(CCCCC)CC1. The minimum absolute atomic E-state index is 0.0168. The molecule has 0 saturated heterocycles. The van der Waals surface area contributed by atoms with E-state index in [0.29, 0.717) is 6.61 Å². The van der Waals surface area contributed by atoms with Crippen LogP contribution in [0.1, 0.15) is 58.3 Å². The summed E-state index contributed by atoms with van der Waals surface area (Å²) in [5.41, 5.74) is 0. The summed E-state index contributed by atoms with van der Waals surface area (Å²) in [5, 5.41) is 0. The predicted octanol–water partition coefficient (Wildman–Crippen LogP) is 4.10. The summed E-state index contributed by atoms with van der Waals surface area (Å²) < 4.78 is 5.11. The molecule has 0 radical (unpaired) electrons. The maximum Gasteiger partial charge on any atom is 0.309 e. The van der Waals surface area contributed by atoms with Crippen molar-refractivity contribution in [3.05, 3.63) is 12.7 Å². The van der Waals surface area contributed by atoms with Crippen LogP contribution in [-0.2, 0) is 9.53 Å². The van der Waals surface area contributed by atoms with Gasteiger partial charge in [-0.1, -0.05) is 45.3 Å². The second kappa shape index (κ2) is 8.32. The lowest BCUT2D eigenvalue weighted by atomic mass is 9.80. The number of unbranched alkanes of at least 4 members (excludes halogenated alkanes) is 2. The highest BCUT2D eigenvalue weighted by Crippen LogP contribution is 2.32. The van der Waals surface area contributed by atoms with Crippen LogP contribution < -0.4 is 0 Å². The number of carbonyl (C=O) groups excluding carboxylic acids is 1. The van der Waals surface area contributed by atoms with E-state index in [4.69, 9.17) is 4.74 Å². The number of hydrogen-bond donors (Lipinski definition) is 0. The van der Waals surface area contributed by atoms with Crippen LogP contribution in [0.2, 0.25) is 0 Å². The van der Waals surface area contributed by atoms with Crippen molar-refractivity contribution in [1.29, 1.82) is 0 Å². The first-order valence-electron chi connectivity index (χ1n) is 7.05. The van der Waals surface area contributed by atoms with Crippen LogP contribution in [0, 0.1) is 11.8 Å². The first kappa shape index (κ1) is 14.3. The highest BCUT2D eigenvalue weighted by molar-refractivity contribution is 5.72. The molecule has 0 aromatic carbocycles. The molecule has 0 aliphatic heterocycles. The minimum Gasteiger partial charge on any atom is -0.461 e. The first-order valence-corrected chi connectivity index (χ1v) is 7.05. The van der Waals surface area contributed by atoms with E-state index in [0.717, 1.165) is 18.8 Å². The fourth-order valence-electron chi connectivity index (χ4n) is 2.63. The van der Waals surface area contributed by atoms with Gasteiger partial charge in [-0.25, -0.2) is 0 Å². The van der Waals surface area contributed by atoms with Crippen LogP contribution in [-0.4, -0.2) is 12.6 Å². The molecule has 0 aromatic rings. The average Bonchev–Trinajstić information content (AvgIpc) is 2.37. The molecule has 0 N–H and O–H groups in total. The van der Waals surface area contributed by atoms with Gasteiger partial charge in [0.2, 0.25) is 0 Å². The van der Waals surface area contributed by atoms with Gasteiger partial charge in [0.05, 0.1) is 5.92 Å². The largest absolute Gasteiger partial charge is 0.461 e. The zero-order valence-corrected chi connectivity index (χ0v) is 11.1. The Morgan fingerprint density at radius 2 is 2.00 bits per heavy atom. The van der Waals surface area contributed by atoms with E-state index in [1.165, 1.54) is 38.5 Å². The van der Waals surface area contributed by atoms with Crippen LogP contribution in [0.3, 0.4) is 0 Å². The van der Waals surface area contributed by atoms with Crippen molar-refractivity contribution < 1.29 is 9.53 Å². The minimum atomic E-state index is -0.0168. The highest BCUT2D eigenvalue weighted by Gasteiger charge is 2.26. The molecule has 0 amide bonds. The number of rotatable bonds is 7. The Bertz CT molecular complexity index is 227. The van der Waals surface area contributed by atoms with Gasteiger partial charge in [-0.3, -0.25) is 4.79 Å². The van der Waals surface area contributed by atoms with E-state index < -0.39 is 0 Å². The second-order valence-electron chi connectivity index (χ2n) is 5.13. The molecule has 98 valence electrons. The Morgan fingerprint density at radius 1 is 1.29 bits per heavy atom. The molecule has 0 atom stereocenters. The molecule has 17 heavy (non-hydrogen) atoms. The molecular weight excluding hydrogens is 212 g/mol. The quantitative estimate of drug-likeness (QED) is 0.379. The van der Waals surface area contributed by atoms with Gasteiger partial charge in [0, 0.05) is 0 Å². The molecule has 1 rings (SSSR count). The molecule has 0 aromatic heterocycles. The summed E-state index contributed by atoms with van der Waals surface area (Å²) in [5.74, 6) is 0.985. The first-order chi connectivity index (χ1) is 8.27. The number of carbonyl (C=O) groups is 1. The van der Waals surface area contributed by atoms with Gasteiger partial charge in [0.15, 0.2) is 0 Å². The van der Waals surface area contributed by atoms with E-state index in [9.17, 15) is 4.79 Å². The van der Waals surface area contributed by atoms with Gasteiger partial charge in [-0.2, -0.15) is 0 Å². The summed E-state index contributed by atoms with van der Waals surface area (Å²) in [4.78, 5) is 11.7. The van der Waals surface area contributed by atoms with E-state index >= 15 is 0 Å². The Balaban J connectivity index is 2.16. The van der Waals surface area contributed by atoms with Crippen molar-refractivity contribution in [1.82, 2.24) is 0 Å². The summed E-state index contributed by atoms with van der Waals surface area (Å²) >= 11 is 0. The Labute approximate surface area is 105 Å². The van der Waals surface area contributed by atoms with Crippen LogP contribution in [0.15, 0.2) is 12.7 Å². The Kier molecular flexibility index (Phi) is 6.99. The maximum absolute atomic E-state index is 11.7. The Morgan fingerprint density at radius 3 is 2.59 bits per heavy atom. The van der Waals surface area contributed by atoms with Crippen LogP contribution in [0.25, 0.3) is 0 Å². The van der Waals surface area contributed by atoms with Gasteiger partial charge < -0.3 is 4.74 Å². The third-order valence-corrected chi connectivity index (χ3v) is 3.74. The molecule has 1 saturated carbocycles. The van der Waals surface area contributed by atoms with E-state index in [1.54, 1.807) is 6.08 Å². The van der Waals surface area contributed by atoms with Gasteiger partial charge in [-0.15, -0.1) is 0 Å². The molecule has 2 heteroatoms. The van der Waals surface area contributed by atoms with Gasteiger partial charge in [0.25, 0.3) is 0 Å². The van der Waals surface area contributed by atoms with Gasteiger partial charge in [0.1, 0.15) is 6.61 Å². The van der Waals surface area contributed by atoms with Gasteiger partial charge in [-0.05, 0) is 31.6 Å². The van der Waals surface area contributed by atoms with Crippen molar-refractivity contribution in [3.63, 3.8) is 0 Å². The fourth-order valence-corrected chi connectivity index (χ4v) is 2.63. The monoisotopic (exact) mass is 238 g/mol. The van der Waals surface area contributed by atoms with E-state index in [1.807, 2.05) is 0 Å². The number of hydrogen-bond acceptors (Lipinski definition) is 2. The smallest absolute Gasteiger partial charge is 0.309 e. The van der Waals surface area contributed by atoms with Crippen molar-refractivity contribution >= 4 is 5.97 Å².